The third-order valence-corrected chi connectivity index (χ3v) is 7.65. The molecule has 0 radical (unpaired) electrons. The van der Waals surface area contributed by atoms with Gasteiger partial charge in [0.15, 0.2) is 0 Å². The highest BCUT2D eigenvalue weighted by atomic mass is 32.2. The number of amides is 1. The van der Waals surface area contributed by atoms with E-state index >= 15 is 0 Å². The lowest BCUT2D eigenvalue weighted by Crippen LogP contribution is -2.58. The number of nitrogens with one attached hydrogen (secondary N) is 1. The molecule has 3 fully saturated rings. The van der Waals surface area contributed by atoms with Crippen LogP contribution in [0.2, 0.25) is 0 Å². The van der Waals surface area contributed by atoms with Crippen molar-refractivity contribution in [2.24, 2.45) is 0 Å². The Morgan fingerprint density at radius 2 is 1.57 bits per heavy atom. The number of nitrogens with zero attached hydrogens (tertiary/aromatic N) is 4. The SMILES string of the molecule is CN1CCN(S(=O)(=O)N2CCN(C(=O)C3CSCN3)CC2)CC1. The third kappa shape index (κ3) is 3.83. The molecule has 0 bridgehead atoms. The summed E-state index contributed by atoms with van der Waals surface area (Å²) < 4.78 is 28.5. The Morgan fingerprint density at radius 1 is 1.00 bits per heavy atom. The average molecular weight is 364 g/mol. The van der Waals surface area contributed by atoms with Crippen LogP contribution >= 0.6 is 11.8 Å². The van der Waals surface area contributed by atoms with Crippen LogP contribution in [0.4, 0.5) is 0 Å². The average Bonchev–Trinajstić information content (AvgIpc) is 3.09. The zero-order valence-electron chi connectivity index (χ0n) is 13.5. The van der Waals surface area contributed by atoms with E-state index < -0.39 is 10.2 Å². The smallest absolute Gasteiger partial charge is 0.282 e. The maximum absolute atomic E-state index is 12.7. The predicted octanol–water partition coefficient (Wildman–Crippen LogP) is -1.71. The van der Waals surface area contributed by atoms with Gasteiger partial charge in [0.05, 0.1) is 6.04 Å². The summed E-state index contributed by atoms with van der Waals surface area (Å²) in [7, 11) is -1.39. The molecule has 0 aliphatic carbocycles. The van der Waals surface area contributed by atoms with Crippen LogP contribution in [0.1, 0.15) is 0 Å². The van der Waals surface area contributed by atoms with Crippen molar-refractivity contribution >= 4 is 27.9 Å². The van der Waals surface area contributed by atoms with Gasteiger partial charge in [0.1, 0.15) is 0 Å². The van der Waals surface area contributed by atoms with Crippen LogP contribution in [0.3, 0.4) is 0 Å². The predicted molar refractivity (Wildman–Crippen MR) is 90.4 cm³/mol. The highest BCUT2D eigenvalue weighted by Gasteiger charge is 2.36. The van der Waals surface area contributed by atoms with Crippen molar-refractivity contribution in [2.75, 3.05) is 71.0 Å². The highest BCUT2D eigenvalue weighted by molar-refractivity contribution is 7.99. The molecule has 10 heteroatoms. The zero-order chi connectivity index (χ0) is 16.4. The molecule has 132 valence electrons. The van der Waals surface area contributed by atoms with E-state index in [1.807, 2.05) is 7.05 Å². The normalized spacial score (nSPS) is 29.1. The number of carbonyl (C=O) groups is 1. The first-order valence-electron chi connectivity index (χ1n) is 8.02. The molecule has 1 atom stereocenters. The van der Waals surface area contributed by atoms with E-state index in [2.05, 4.69) is 10.2 Å². The quantitative estimate of drug-likeness (QED) is 0.643. The maximum atomic E-state index is 12.7. The summed E-state index contributed by atoms with van der Waals surface area (Å²) >= 11 is 1.72. The van der Waals surface area contributed by atoms with Gasteiger partial charge in [-0.25, -0.2) is 0 Å². The topological polar surface area (TPSA) is 76.2 Å². The Kier molecular flexibility index (Phi) is 5.49. The zero-order valence-corrected chi connectivity index (χ0v) is 15.1. The van der Waals surface area contributed by atoms with Crippen molar-refractivity contribution in [3.05, 3.63) is 0 Å². The van der Waals surface area contributed by atoms with Crippen LogP contribution in [-0.4, -0.2) is 110 Å². The summed E-state index contributed by atoms with van der Waals surface area (Å²) in [6.45, 7) is 4.36. The molecule has 3 heterocycles. The lowest BCUT2D eigenvalue weighted by Gasteiger charge is -2.39. The summed E-state index contributed by atoms with van der Waals surface area (Å²) in [6, 6.07) is -0.110. The molecular formula is C13H25N5O3S2. The molecule has 1 amide bonds. The van der Waals surface area contributed by atoms with E-state index in [-0.39, 0.29) is 11.9 Å². The van der Waals surface area contributed by atoms with Gasteiger partial charge < -0.3 is 9.80 Å². The number of piperazine rings is 2. The van der Waals surface area contributed by atoms with E-state index in [4.69, 9.17) is 0 Å². The monoisotopic (exact) mass is 363 g/mol. The molecule has 3 aliphatic heterocycles. The molecule has 0 aromatic heterocycles. The lowest BCUT2D eigenvalue weighted by atomic mass is 10.2. The van der Waals surface area contributed by atoms with Gasteiger partial charge in [0.25, 0.3) is 10.2 Å². The van der Waals surface area contributed by atoms with E-state index in [0.29, 0.717) is 39.3 Å². The molecule has 0 spiro atoms. The number of rotatable bonds is 3. The Balaban J connectivity index is 1.54. The highest BCUT2D eigenvalue weighted by Crippen LogP contribution is 2.17. The summed E-state index contributed by atoms with van der Waals surface area (Å²) in [5, 5.41) is 3.18. The summed E-state index contributed by atoms with van der Waals surface area (Å²) in [5.74, 6) is 1.72. The van der Waals surface area contributed by atoms with Crippen LogP contribution in [0, 0.1) is 0 Å². The maximum Gasteiger partial charge on any atom is 0.282 e. The number of likely N-dealkylation sites (N-methyl/N-ethyl adjacent to an activating group) is 1. The van der Waals surface area contributed by atoms with Crippen LogP contribution in [0.5, 0.6) is 0 Å². The molecular weight excluding hydrogens is 338 g/mol. The molecule has 0 saturated carbocycles. The molecule has 3 saturated heterocycles. The Hall–Kier alpha value is -0.390. The van der Waals surface area contributed by atoms with Gasteiger partial charge in [-0.15, -0.1) is 11.8 Å². The van der Waals surface area contributed by atoms with Crippen molar-refractivity contribution < 1.29 is 13.2 Å². The van der Waals surface area contributed by atoms with Gasteiger partial charge in [-0.2, -0.15) is 17.0 Å². The van der Waals surface area contributed by atoms with E-state index in [1.54, 1.807) is 21.0 Å². The van der Waals surface area contributed by atoms with E-state index in [0.717, 1.165) is 24.7 Å². The first-order valence-corrected chi connectivity index (χ1v) is 10.6. The van der Waals surface area contributed by atoms with Crippen molar-refractivity contribution in [3.63, 3.8) is 0 Å². The van der Waals surface area contributed by atoms with Gasteiger partial charge in [0, 0.05) is 64.0 Å². The summed E-state index contributed by atoms with van der Waals surface area (Å²) in [6.07, 6.45) is 0. The molecule has 1 unspecified atom stereocenters. The van der Waals surface area contributed by atoms with E-state index in [1.165, 1.54) is 4.31 Å². The first kappa shape index (κ1) is 17.4. The van der Waals surface area contributed by atoms with Crippen LogP contribution < -0.4 is 5.32 Å². The second kappa shape index (κ2) is 7.24. The molecule has 3 aliphatic rings. The minimum Gasteiger partial charge on any atom is -0.339 e. The molecule has 0 aromatic rings. The summed E-state index contributed by atoms with van der Waals surface area (Å²) in [5.41, 5.74) is 0. The molecule has 1 N–H and O–H groups in total. The number of hydrogen-bond acceptors (Lipinski definition) is 6. The number of carbonyl (C=O) groups excluding carboxylic acids is 1. The van der Waals surface area contributed by atoms with Gasteiger partial charge >= 0.3 is 0 Å². The molecule has 0 aromatic carbocycles. The minimum absolute atomic E-state index is 0.103. The molecule has 23 heavy (non-hydrogen) atoms. The fourth-order valence-corrected chi connectivity index (χ4v) is 5.60. The van der Waals surface area contributed by atoms with Crippen molar-refractivity contribution in [2.45, 2.75) is 6.04 Å². The van der Waals surface area contributed by atoms with Crippen molar-refractivity contribution in [1.82, 2.24) is 23.7 Å². The second-order valence-electron chi connectivity index (χ2n) is 6.21. The van der Waals surface area contributed by atoms with Crippen molar-refractivity contribution in [1.29, 1.82) is 0 Å². The van der Waals surface area contributed by atoms with Gasteiger partial charge in [-0.05, 0) is 7.05 Å². The number of hydrogen-bond donors (Lipinski definition) is 1. The summed E-state index contributed by atoms with van der Waals surface area (Å²) in [4.78, 5) is 16.3. The fourth-order valence-electron chi connectivity index (χ4n) is 3.10. The first-order chi connectivity index (χ1) is 11.0. The van der Waals surface area contributed by atoms with Gasteiger partial charge in [-0.1, -0.05) is 0 Å². The van der Waals surface area contributed by atoms with Crippen molar-refractivity contribution in [3.8, 4) is 0 Å². The Bertz CT molecular complexity index is 522. The lowest BCUT2D eigenvalue weighted by molar-refractivity contribution is -0.133. The standard InChI is InChI=1S/C13H25N5O3S2/c1-15-2-6-17(7-3-15)23(20,21)18-8-4-16(5-9-18)13(19)12-10-22-11-14-12/h12,14H,2-11H2,1H3. The fraction of sp³-hybridized carbons (Fsp3) is 0.923. The van der Waals surface area contributed by atoms with Gasteiger partial charge in [0.2, 0.25) is 5.91 Å². The minimum atomic E-state index is -3.39. The largest absolute Gasteiger partial charge is 0.339 e. The van der Waals surface area contributed by atoms with Crippen LogP contribution in [0.25, 0.3) is 0 Å². The third-order valence-electron chi connectivity index (χ3n) is 4.68. The Morgan fingerprint density at radius 3 is 2.09 bits per heavy atom. The van der Waals surface area contributed by atoms with Gasteiger partial charge in [-0.3, -0.25) is 10.1 Å². The Labute approximate surface area is 142 Å². The molecule has 8 nitrogen and oxygen atoms in total. The molecule has 3 rings (SSSR count). The van der Waals surface area contributed by atoms with Crippen LogP contribution in [-0.2, 0) is 15.0 Å². The number of thioether (sulfide) groups is 1. The second-order valence-corrected chi connectivity index (χ2v) is 9.16. The van der Waals surface area contributed by atoms with Crippen LogP contribution in [0.15, 0.2) is 0 Å². The van der Waals surface area contributed by atoms with E-state index in [9.17, 15) is 13.2 Å².